The average Bonchev–Trinajstić information content (AvgIpc) is 2.38. The van der Waals surface area contributed by atoms with Gasteiger partial charge in [-0.15, -0.1) is 0 Å². The number of halogens is 2. The summed E-state index contributed by atoms with van der Waals surface area (Å²) in [5, 5.41) is 3.02. The molecule has 4 nitrogen and oxygen atoms in total. The van der Waals surface area contributed by atoms with Crippen LogP contribution in [0.4, 0.5) is 0 Å². The number of nitrogens with one attached hydrogen (secondary N) is 1. The Kier molecular flexibility index (Phi) is 5.00. The Balaban J connectivity index is 2.24. The normalized spacial score (nSPS) is 18.2. The lowest BCUT2D eigenvalue weighted by Gasteiger charge is -2.34. The van der Waals surface area contributed by atoms with Gasteiger partial charge in [-0.3, -0.25) is 4.79 Å². The lowest BCUT2D eigenvalue weighted by Crippen LogP contribution is -2.47. The molecule has 0 heterocycles. The summed E-state index contributed by atoms with van der Waals surface area (Å²) in [6.07, 6.45) is 5.26. The van der Waals surface area contributed by atoms with Gasteiger partial charge >= 0.3 is 0 Å². The van der Waals surface area contributed by atoms with Crippen LogP contribution in [0, 0.1) is 0 Å². The predicted molar refractivity (Wildman–Crippen MR) is 86.1 cm³/mol. The third-order valence-electron chi connectivity index (χ3n) is 3.83. The van der Waals surface area contributed by atoms with Crippen LogP contribution in [0.1, 0.15) is 49.4 Å². The maximum absolute atomic E-state index is 12.3. The van der Waals surface area contributed by atoms with Crippen molar-refractivity contribution in [3.63, 3.8) is 0 Å². The van der Waals surface area contributed by atoms with Gasteiger partial charge in [0.1, 0.15) is 0 Å². The zero-order valence-electron chi connectivity index (χ0n) is 11.7. The van der Waals surface area contributed by atoms with Gasteiger partial charge in [-0.05, 0) is 53.9 Å². The Morgan fingerprint density at radius 2 is 1.90 bits per heavy atom. The minimum atomic E-state index is -3.89. The van der Waals surface area contributed by atoms with Crippen molar-refractivity contribution in [2.24, 2.45) is 0 Å². The molecule has 0 radical (unpaired) electrons. The molecule has 0 aromatic heterocycles. The zero-order chi connectivity index (χ0) is 15.7. The number of amides is 1. The third kappa shape index (κ3) is 4.20. The van der Waals surface area contributed by atoms with Crippen molar-refractivity contribution in [2.75, 3.05) is 0 Å². The van der Waals surface area contributed by atoms with E-state index in [-0.39, 0.29) is 16.3 Å². The molecule has 0 saturated heterocycles. The molecule has 7 heteroatoms. The number of benzene rings is 1. The minimum absolute atomic E-state index is 0.0920. The lowest BCUT2D eigenvalue weighted by atomic mass is 9.83. The molecule has 0 atom stereocenters. The maximum Gasteiger partial charge on any atom is 0.262 e. The second-order valence-electron chi connectivity index (χ2n) is 5.66. The Morgan fingerprint density at radius 3 is 2.48 bits per heavy atom. The summed E-state index contributed by atoms with van der Waals surface area (Å²) in [6, 6.07) is 4.40. The van der Waals surface area contributed by atoms with E-state index in [4.69, 9.17) is 10.7 Å². The number of carbonyl (C=O) groups excluding carboxylic acids is 1. The van der Waals surface area contributed by atoms with Crippen LogP contribution >= 0.6 is 26.6 Å². The van der Waals surface area contributed by atoms with Crippen LogP contribution in [0.15, 0.2) is 27.6 Å². The number of rotatable bonds is 3. The molecule has 1 saturated carbocycles. The van der Waals surface area contributed by atoms with Crippen LogP contribution in [-0.4, -0.2) is 19.9 Å². The van der Waals surface area contributed by atoms with Gasteiger partial charge in [0, 0.05) is 26.3 Å². The average molecular weight is 395 g/mol. The monoisotopic (exact) mass is 393 g/mol. The highest BCUT2D eigenvalue weighted by atomic mass is 79.9. The first-order valence-corrected chi connectivity index (χ1v) is 9.88. The molecule has 116 valence electrons. The summed E-state index contributed by atoms with van der Waals surface area (Å²) in [7, 11) is 1.48. The van der Waals surface area contributed by atoms with Crippen LogP contribution in [0.25, 0.3) is 0 Å². The van der Waals surface area contributed by atoms with Crippen LogP contribution in [0.3, 0.4) is 0 Å². The first-order valence-electron chi connectivity index (χ1n) is 6.78. The van der Waals surface area contributed by atoms with Crippen molar-refractivity contribution >= 4 is 41.6 Å². The Hall–Kier alpha value is -0.590. The fourth-order valence-corrected chi connectivity index (χ4v) is 4.75. The van der Waals surface area contributed by atoms with Gasteiger partial charge < -0.3 is 5.32 Å². The highest BCUT2D eigenvalue weighted by Gasteiger charge is 2.29. The van der Waals surface area contributed by atoms with Crippen molar-refractivity contribution in [2.45, 2.75) is 49.5 Å². The highest BCUT2D eigenvalue weighted by Crippen LogP contribution is 2.29. The molecular formula is C14H17BrClNO3S. The van der Waals surface area contributed by atoms with Crippen LogP contribution in [0.5, 0.6) is 0 Å². The fraction of sp³-hybridized carbons (Fsp3) is 0.500. The maximum atomic E-state index is 12.3. The summed E-state index contributed by atoms with van der Waals surface area (Å²) in [5.74, 6) is -0.270. The summed E-state index contributed by atoms with van der Waals surface area (Å²) in [4.78, 5) is 12.3. The SMILES string of the molecule is CC1(NC(=O)c2ccc(Br)c(S(=O)(=O)Cl)c2)CCCCC1. The third-order valence-corrected chi connectivity index (χ3v) is 6.14. The molecule has 1 amide bonds. The van der Waals surface area contributed by atoms with Crippen molar-refractivity contribution in [3.8, 4) is 0 Å². The second kappa shape index (κ2) is 6.26. The van der Waals surface area contributed by atoms with Crippen LogP contribution < -0.4 is 5.32 Å². The van der Waals surface area contributed by atoms with Gasteiger partial charge in [0.15, 0.2) is 0 Å². The summed E-state index contributed by atoms with van der Waals surface area (Å²) < 4.78 is 23.3. The molecule has 0 spiro atoms. The summed E-state index contributed by atoms with van der Waals surface area (Å²) in [6.45, 7) is 2.03. The van der Waals surface area contributed by atoms with E-state index in [0.29, 0.717) is 10.0 Å². The number of hydrogen-bond acceptors (Lipinski definition) is 3. The molecule has 0 bridgehead atoms. The number of hydrogen-bond donors (Lipinski definition) is 1. The van der Waals surface area contributed by atoms with E-state index in [1.807, 2.05) is 6.92 Å². The van der Waals surface area contributed by atoms with Gasteiger partial charge in [0.25, 0.3) is 15.0 Å². The van der Waals surface area contributed by atoms with Gasteiger partial charge in [-0.1, -0.05) is 19.3 Å². The lowest BCUT2D eigenvalue weighted by molar-refractivity contribution is 0.0882. The fourth-order valence-electron chi connectivity index (χ4n) is 2.63. The molecule has 21 heavy (non-hydrogen) atoms. The molecule has 2 rings (SSSR count). The Morgan fingerprint density at radius 1 is 1.29 bits per heavy atom. The van der Waals surface area contributed by atoms with Crippen LogP contribution in [0.2, 0.25) is 0 Å². The molecule has 1 aliphatic rings. The van der Waals surface area contributed by atoms with Crippen molar-refractivity contribution in [1.29, 1.82) is 0 Å². The van der Waals surface area contributed by atoms with Gasteiger partial charge in [0.2, 0.25) is 0 Å². The molecule has 0 unspecified atom stereocenters. The van der Waals surface area contributed by atoms with Gasteiger partial charge in [0.05, 0.1) is 4.90 Å². The molecule has 1 aromatic rings. The largest absolute Gasteiger partial charge is 0.347 e. The smallest absolute Gasteiger partial charge is 0.262 e. The zero-order valence-corrected chi connectivity index (χ0v) is 14.8. The van der Waals surface area contributed by atoms with Crippen LogP contribution in [-0.2, 0) is 9.05 Å². The Labute approximate surface area is 137 Å². The Bertz CT molecular complexity index is 654. The summed E-state index contributed by atoms with van der Waals surface area (Å²) in [5.41, 5.74) is 0.0757. The van der Waals surface area contributed by atoms with E-state index in [2.05, 4.69) is 21.2 Å². The van der Waals surface area contributed by atoms with Crippen molar-refractivity contribution in [1.82, 2.24) is 5.32 Å². The van der Waals surface area contributed by atoms with E-state index in [1.165, 1.54) is 18.6 Å². The van der Waals surface area contributed by atoms with Gasteiger partial charge in [-0.2, -0.15) is 0 Å². The highest BCUT2D eigenvalue weighted by molar-refractivity contribution is 9.10. The van der Waals surface area contributed by atoms with E-state index >= 15 is 0 Å². The predicted octanol–water partition coefficient (Wildman–Crippen LogP) is 3.83. The van der Waals surface area contributed by atoms with E-state index < -0.39 is 9.05 Å². The quantitative estimate of drug-likeness (QED) is 0.792. The standard InChI is InChI=1S/C14H17BrClNO3S/c1-14(7-3-2-4-8-14)17-13(18)10-5-6-11(15)12(9-10)21(16,19)20/h5-6,9H,2-4,7-8H2,1H3,(H,17,18). The van der Waals surface area contributed by atoms with E-state index in [9.17, 15) is 13.2 Å². The summed E-state index contributed by atoms with van der Waals surface area (Å²) >= 11 is 3.13. The molecule has 1 aliphatic carbocycles. The molecule has 0 aliphatic heterocycles. The molecule has 1 aromatic carbocycles. The first-order chi connectivity index (χ1) is 9.71. The van der Waals surface area contributed by atoms with E-state index in [1.54, 1.807) is 6.07 Å². The van der Waals surface area contributed by atoms with E-state index in [0.717, 1.165) is 25.7 Å². The molecule has 1 fully saturated rings. The number of carbonyl (C=O) groups is 1. The minimum Gasteiger partial charge on any atom is -0.347 e. The second-order valence-corrected chi connectivity index (χ2v) is 9.05. The van der Waals surface area contributed by atoms with Crippen molar-refractivity contribution in [3.05, 3.63) is 28.2 Å². The molecular weight excluding hydrogens is 378 g/mol. The van der Waals surface area contributed by atoms with Gasteiger partial charge in [-0.25, -0.2) is 8.42 Å². The van der Waals surface area contributed by atoms with Crippen molar-refractivity contribution < 1.29 is 13.2 Å². The molecule has 1 N–H and O–H groups in total. The topological polar surface area (TPSA) is 63.2 Å². The first kappa shape index (κ1) is 16.8.